The van der Waals surface area contributed by atoms with Gasteiger partial charge in [-0.1, -0.05) is 12.1 Å². The third kappa shape index (κ3) is 2.33. The number of nitrogens with one attached hydrogen (secondary N) is 1. The Labute approximate surface area is 95.8 Å². The number of rotatable bonds is 4. The molecule has 0 aromatic heterocycles. The zero-order valence-electron chi connectivity index (χ0n) is 10.1. The lowest BCUT2D eigenvalue weighted by Crippen LogP contribution is -2.31. The van der Waals surface area contributed by atoms with Crippen molar-refractivity contribution in [1.82, 2.24) is 5.32 Å². The summed E-state index contributed by atoms with van der Waals surface area (Å²) in [7, 11) is 3.35. The average Bonchev–Trinajstić information content (AvgIpc) is 2.17. The van der Waals surface area contributed by atoms with Crippen molar-refractivity contribution < 1.29 is 9.53 Å². The number of hydrogen-bond donors (Lipinski definition) is 2. The van der Waals surface area contributed by atoms with Crippen LogP contribution in [0.1, 0.15) is 22.7 Å². The number of likely N-dealkylation sites (N-methyl/N-ethyl adjacent to an activating group) is 1. The summed E-state index contributed by atoms with van der Waals surface area (Å²) in [5.41, 5.74) is 8.18. The highest BCUT2D eigenvalue weighted by molar-refractivity contribution is 5.81. The molecule has 0 heterocycles. The van der Waals surface area contributed by atoms with Crippen molar-refractivity contribution in [2.75, 3.05) is 14.2 Å². The minimum absolute atomic E-state index is 0.383. The maximum absolute atomic E-state index is 11.2. The highest BCUT2D eigenvalue weighted by atomic mass is 16.5. The van der Waals surface area contributed by atoms with E-state index in [1.165, 1.54) is 0 Å². The van der Waals surface area contributed by atoms with Gasteiger partial charge in [0, 0.05) is 0 Å². The molecule has 1 rings (SSSR count). The highest BCUT2D eigenvalue weighted by Gasteiger charge is 2.17. The van der Waals surface area contributed by atoms with Gasteiger partial charge < -0.3 is 15.8 Å². The molecule has 1 unspecified atom stereocenters. The molecule has 1 atom stereocenters. The minimum Gasteiger partial charge on any atom is -0.496 e. The fourth-order valence-electron chi connectivity index (χ4n) is 1.95. The lowest BCUT2D eigenvalue weighted by Gasteiger charge is -2.16. The van der Waals surface area contributed by atoms with Crippen molar-refractivity contribution >= 4 is 5.91 Å². The Morgan fingerprint density at radius 2 is 1.88 bits per heavy atom. The predicted octanol–water partition coefficient (Wildman–Crippen LogP) is 1.06. The minimum atomic E-state index is -0.455. The van der Waals surface area contributed by atoms with E-state index >= 15 is 0 Å². The number of amides is 1. The number of ether oxygens (including phenoxy) is 1. The van der Waals surface area contributed by atoms with Crippen LogP contribution in [-0.4, -0.2) is 20.1 Å². The van der Waals surface area contributed by atoms with Crippen LogP contribution in [0.15, 0.2) is 12.1 Å². The van der Waals surface area contributed by atoms with Crippen LogP contribution in [0.5, 0.6) is 5.75 Å². The Morgan fingerprint density at radius 3 is 2.19 bits per heavy atom. The maximum Gasteiger partial charge on any atom is 0.239 e. The summed E-state index contributed by atoms with van der Waals surface area (Å²) in [5.74, 6) is 0.467. The average molecular weight is 222 g/mol. The number of nitrogens with two attached hydrogens (primary N) is 1. The summed E-state index contributed by atoms with van der Waals surface area (Å²) in [6, 6.07) is 3.37. The number of aryl methyl sites for hydroxylation is 2. The molecule has 1 aromatic rings. The van der Waals surface area contributed by atoms with Crippen LogP contribution in [0.4, 0.5) is 0 Å². The molecule has 4 nitrogen and oxygen atoms in total. The topological polar surface area (TPSA) is 64.3 Å². The van der Waals surface area contributed by atoms with E-state index in [9.17, 15) is 4.79 Å². The third-order valence-electron chi connectivity index (χ3n) is 2.59. The van der Waals surface area contributed by atoms with Gasteiger partial charge in [0.1, 0.15) is 11.8 Å². The van der Waals surface area contributed by atoms with Gasteiger partial charge in [0.15, 0.2) is 0 Å². The zero-order valence-corrected chi connectivity index (χ0v) is 10.1. The molecule has 88 valence electrons. The van der Waals surface area contributed by atoms with Crippen LogP contribution in [0.25, 0.3) is 0 Å². The first-order valence-corrected chi connectivity index (χ1v) is 5.13. The number of hydrogen-bond acceptors (Lipinski definition) is 3. The second-order valence-corrected chi connectivity index (χ2v) is 3.81. The number of carbonyl (C=O) groups excluding carboxylic acids is 1. The van der Waals surface area contributed by atoms with Gasteiger partial charge in [-0.3, -0.25) is 4.79 Å². The molecule has 0 aliphatic heterocycles. The first kappa shape index (κ1) is 12.5. The van der Waals surface area contributed by atoms with Gasteiger partial charge in [0.05, 0.1) is 7.11 Å². The Kier molecular flexibility index (Phi) is 3.90. The van der Waals surface area contributed by atoms with Crippen LogP contribution in [0.3, 0.4) is 0 Å². The number of carbonyl (C=O) groups is 1. The Morgan fingerprint density at radius 1 is 1.38 bits per heavy atom. The molecule has 0 spiro atoms. The van der Waals surface area contributed by atoms with Crippen LogP contribution < -0.4 is 15.8 Å². The van der Waals surface area contributed by atoms with E-state index in [2.05, 4.69) is 5.32 Å². The van der Waals surface area contributed by atoms with Crippen LogP contribution in [0.2, 0.25) is 0 Å². The molecule has 0 saturated carbocycles. The second kappa shape index (κ2) is 4.99. The van der Waals surface area contributed by atoms with E-state index < -0.39 is 6.04 Å². The summed E-state index contributed by atoms with van der Waals surface area (Å²) < 4.78 is 5.27. The first-order valence-electron chi connectivity index (χ1n) is 5.13. The van der Waals surface area contributed by atoms with Gasteiger partial charge in [0.2, 0.25) is 5.91 Å². The Bertz CT molecular complexity index is 379. The second-order valence-electron chi connectivity index (χ2n) is 3.81. The molecule has 0 fully saturated rings. The highest BCUT2D eigenvalue weighted by Crippen LogP contribution is 2.26. The monoisotopic (exact) mass is 222 g/mol. The molecule has 4 heteroatoms. The van der Waals surface area contributed by atoms with Crippen LogP contribution in [-0.2, 0) is 4.79 Å². The van der Waals surface area contributed by atoms with E-state index in [1.807, 2.05) is 26.0 Å². The van der Waals surface area contributed by atoms with Crippen molar-refractivity contribution in [2.24, 2.45) is 5.73 Å². The van der Waals surface area contributed by atoms with E-state index in [0.717, 1.165) is 22.4 Å². The van der Waals surface area contributed by atoms with E-state index in [4.69, 9.17) is 10.5 Å². The number of primary amides is 1. The molecule has 0 radical (unpaired) electrons. The normalized spacial score (nSPS) is 12.2. The molecule has 1 aromatic carbocycles. The van der Waals surface area contributed by atoms with E-state index in [1.54, 1.807) is 14.2 Å². The summed E-state index contributed by atoms with van der Waals surface area (Å²) in [6.07, 6.45) is 0. The molecule has 16 heavy (non-hydrogen) atoms. The van der Waals surface area contributed by atoms with Crippen molar-refractivity contribution in [2.45, 2.75) is 19.9 Å². The Balaban J connectivity index is 3.21. The van der Waals surface area contributed by atoms with Crippen molar-refractivity contribution in [1.29, 1.82) is 0 Å². The SMILES string of the molecule is CNC(C(N)=O)c1cc(C)c(OC)c(C)c1. The summed E-state index contributed by atoms with van der Waals surface area (Å²) in [6.45, 7) is 3.89. The van der Waals surface area contributed by atoms with Gasteiger partial charge in [-0.05, 0) is 37.6 Å². The van der Waals surface area contributed by atoms with E-state index in [-0.39, 0.29) is 5.91 Å². The molecule has 3 N–H and O–H groups in total. The third-order valence-corrected chi connectivity index (χ3v) is 2.59. The summed E-state index contributed by atoms with van der Waals surface area (Å²) in [5, 5.41) is 2.89. The Hall–Kier alpha value is -1.55. The van der Waals surface area contributed by atoms with Crippen molar-refractivity contribution in [3.05, 3.63) is 28.8 Å². The lowest BCUT2D eigenvalue weighted by molar-refractivity contribution is -0.120. The van der Waals surface area contributed by atoms with E-state index in [0.29, 0.717) is 0 Å². The quantitative estimate of drug-likeness (QED) is 0.800. The smallest absolute Gasteiger partial charge is 0.239 e. The van der Waals surface area contributed by atoms with Crippen LogP contribution in [0, 0.1) is 13.8 Å². The molecule has 0 aliphatic rings. The standard InChI is InChI=1S/C12H18N2O2/c1-7-5-9(10(14-3)12(13)15)6-8(2)11(7)16-4/h5-6,10,14H,1-4H3,(H2,13,15). The number of benzene rings is 1. The molecule has 1 amide bonds. The first-order chi connectivity index (χ1) is 7.51. The summed E-state index contributed by atoms with van der Waals surface area (Å²) >= 11 is 0. The largest absolute Gasteiger partial charge is 0.496 e. The molecule has 0 aliphatic carbocycles. The van der Waals surface area contributed by atoms with Crippen molar-refractivity contribution in [3.63, 3.8) is 0 Å². The maximum atomic E-state index is 11.2. The zero-order chi connectivity index (χ0) is 12.3. The van der Waals surface area contributed by atoms with Crippen molar-refractivity contribution in [3.8, 4) is 5.75 Å². The van der Waals surface area contributed by atoms with Gasteiger partial charge >= 0.3 is 0 Å². The number of methoxy groups -OCH3 is 1. The molecular formula is C12H18N2O2. The fraction of sp³-hybridized carbons (Fsp3) is 0.417. The predicted molar refractivity (Wildman–Crippen MR) is 63.5 cm³/mol. The van der Waals surface area contributed by atoms with Gasteiger partial charge in [-0.2, -0.15) is 0 Å². The van der Waals surface area contributed by atoms with Gasteiger partial charge in [-0.15, -0.1) is 0 Å². The molecular weight excluding hydrogens is 204 g/mol. The molecule has 0 bridgehead atoms. The van der Waals surface area contributed by atoms with Crippen LogP contribution >= 0.6 is 0 Å². The summed E-state index contributed by atoms with van der Waals surface area (Å²) in [4.78, 5) is 11.2. The lowest BCUT2D eigenvalue weighted by atomic mass is 10.00. The van der Waals surface area contributed by atoms with Gasteiger partial charge in [0.25, 0.3) is 0 Å². The van der Waals surface area contributed by atoms with Gasteiger partial charge in [-0.25, -0.2) is 0 Å². The molecule has 0 saturated heterocycles. The fourth-order valence-corrected chi connectivity index (χ4v) is 1.95.